The van der Waals surface area contributed by atoms with E-state index in [9.17, 15) is 39.0 Å². The number of aliphatic hydroxyl groups is 1. The van der Waals surface area contributed by atoms with Gasteiger partial charge in [0, 0.05) is 42.4 Å². The van der Waals surface area contributed by atoms with Crippen LogP contribution < -0.4 is 65.9 Å². The number of aliphatic hydroxyl groups excluding tert-OH is 1. The number of carbonyl (C=O) groups excluding carboxylic acids is 7. The zero-order chi connectivity index (χ0) is 54.8. The van der Waals surface area contributed by atoms with Crippen molar-refractivity contribution in [2.75, 3.05) is 13.1 Å². The predicted molar refractivity (Wildman–Crippen MR) is 276 cm³/mol. The third-order valence-corrected chi connectivity index (χ3v) is 13.9. The number of amides is 7. The highest BCUT2D eigenvalue weighted by Crippen LogP contribution is 2.39. The second kappa shape index (κ2) is 25.0. The zero-order valence-electron chi connectivity index (χ0n) is 41.7. The standard InChI is InChI=1S/C51H66N14O11/c1-24(66)39-47(71)64-41(48(72)60-33(12-7-17-57-51(55)56)45(69)62-36(50(74)75)18-25-8-3-2-4-9-25)28(11-6-16-52)26-14-15-30-31(23-58-34(30)20-26)43-42(49(73)63-39)65-46(70)35(21-38(54)67)61-44(68)32(53)19-27-22-59-40-29(27)10-5-13-37(40)76-43/h2-5,8-10,13-15,20,22-24,26,28,32-33,35-37,39-43,59,66H,6-7,11-12,16-19,21,52-53H2,1H3,(H2,54,67)(H,60,72)(H,61,68)(H,62,69)(H,63,73)(H,64,71)(H,65,70)(H,74,75)(H4,55,56,57)/t24-,26-,28+,32+,33+,35+,36+,37-,39+,40?,41+,42+,43-/m1/s1. The van der Waals surface area contributed by atoms with Crippen LogP contribution >= 0.6 is 0 Å². The second-order valence-electron chi connectivity index (χ2n) is 19.4. The van der Waals surface area contributed by atoms with E-state index in [0.717, 1.165) is 5.57 Å². The zero-order valence-corrected chi connectivity index (χ0v) is 41.7. The number of carboxylic acids is 1. The Bertz CT molecular complexity index is 2690. The van der Waals surface area contributed by atoms with Gasteiger partial charge in [-0.3, -0.25) is 43.5 Å². The molecule has 406 valence electrons. The lowest BCUT2D eigenvalue weighted by atomic mass is 9.78. The Hall–Kier alpha value is -8.00. The fourth-order valence-electron chi connectivity index (χ4n) is 10.0. The summed E-state index contributed by atoms with van der Waals surface area (Å²) in [5.41, 5.74) is 32.2. The van der Waals surface area contributed by atoms with Crippen molar-refractivity contribution in [2.24, 2.45) is 50.5 Å². The Labute approximate surface area is 437 Å². The number of hydrogen-bond acceptors (Lipinski definition) is 15. The van der Waals surface area contributed by atoms with E-state index in [2.05, 4.69) is 42.2 Å². The van der Waals surface area contributed by atoms with Gasteiger partial charge in [0.1, 0.15) is 48.5 Å². The lowest BCUT2D eigenvalue weighted by Gasteiger charge is -2.37. The first kappa shape index (κ1) is 55.7. The van der Waals surface area contributed by atoms with Gasteiger partial charge in [0.2, 0.25) is 41.4 Å². The molecule has 1 fully saturated rings. The first-order valence-electron chi connectivity index (χ1n) is 25.1. The molecule has 13 atom stereocenters. The minimum Gasteiger partial charge on any atom is -0.480 e. The molecule has 5 heterocycles. The van der Waals surface area contributed by atoms with Gasteiger partial charge in [-0.25, -0.2) is 4.79 Å². The molecule has 8 bridgehead atoms. The summed E-state index contributed by atoms with van der Waals surface area (Å²) in [6.45, 7) is 1.42. The SMILES string of the molecule is C[C@@H](O)[C@@H]1NC(=O)[C@H]2NC(=O)[C@H](CC(N)=O)NC(=O)[C@@H](N)CC3=CNC4C3=CC=C[C@H]4O[C@@H]2C2=C3C=C[C@H](C=C3N=C2)[C@H](CCCN)[C@@H](C(=O)N[C@@H](CCCN=C(N)N)C(=O)N[C@@H](Cc2ccccc2)C(=O)O)NC1=O. The summed E-state index contributed by atoms with van der Waals surface area (Å²) in [7, 11) is 0. The van der Waals surface area contributed by atoms with Crippen LogP contribution in [0.1, 0.15) is 51.0 Å². The fourth-order valence-corrected chi connectivity index (χ4v) is 10.0. The maximum atomic E-state index is 15.1. The van der Waals surface area contributed by atoms with Crippen LogP contribution in [0.4, 0.5) is 0 Å². The van der Waals surface area contributed by atoms with Gasteiger partial charge in [0.25, 0.3) is 0 Å². The van der Waals surface area contributed by atoms with Crippen LogP contribution in [0.3, 0.4) is 0 Å². The molecule has 0 radical (unpaired) electrons. The molecule has 5 aliphatic heterocycles. The number of carbonyl (C=O) groups is 8. The minimum absolute atomic E-state index is 0.0369. The number of aliphatic carboxylic acids is 1. The highest BCUT2D eigenvalue weighted by atomic mass is 16.5. The summed E-state index contributed by atoms with van der Waals surface area (Å²) < 4.78 is 6.90. The monoisotopic (exact) mass is 1050 g/mol. The number of guanidine groups is 1. The summed E-state index contributed by atoms with van der Waals surface area (Å²) in [6, 6.07) is -2.83. The molecule has 2 aliphatic carbocycles. The van der Waals surface area contributed by atoms with Crippen LogP contribution in [-0.2, 0) is 49.5 Å². The van der Waals surface area contributed by atoms with Crippen molar-refractivity contribution in [3.63, 3.8) is 0 Å². The van der Waals surface area contributed by atoms with Crippen LogP contribution in [0.2, 0.25) is 0 Å². The molecule has 19 N–H and O–H groups in total. The average Bonchev–Trinajstić information content (AvgIpc) is 4.00. The largest absolute Gasteiger partial charge is 0.480 e. The first-order chi connectivity index (χ1) is 36.3. The number of carboxylic acid groups (broad SMARTS) is 1. The maximum absolute atomic E-state index is 15.1. The van der Waals surface area contributed by atoms with Gasteiger partial charge in [-0.2, -0.15) is 0 Å². The first-order valence-corrected chi connectivity index (χ1v) is 25.1. The molecule has 0 spiro atoms. The molecule has 76 heavy (non-hydrogen) atoms. The summed E-state index contributed by atoms with van der Waals surface area (Å²) in [4.78, 5) is 121. The molecule has 1 saturated heterocycles. The Kier molecular flexibility index (Phi) is 18.4. The van der Waals surface area contributed by atoms with Gasteiger partial charge in [-0.15, -0.1) is 0 Å². The van der Waals surface area contributed by atoms with E-state index in [1.165, 1.54) is 13.1 Å². The fraction of sp³-hybridized carbons (Fsp3) is 0.451. The second-order valence-corrected chi connectivity index (χ2v) is 19.4. The summed E-state index contributed by atoms with van der Waals surface area (Å²) in [6.07, 6.45) is 9.61. The van der Waals surface area contributed by atoms with Crippen LogP contribution in [0, 0.1) is 11.8 Å². The van der Waals surface area contributed by atoms with Crippen molar-refractivity contribution in [1.29, 1.82) is 0 Å². The molecular formula is C51H66N14O11. The van der Waals surface area contributed by atoms with Gasteiger partial charge in [-0.1, -0.05) is 66.8 Å². The smallest absolute Gasteiger partial charge is 0.326 e. The molecule has 7 aliphatic rings. The van der Waals surface area contributed by atoms with E-state index in [-0.39, 0.29) is 51.2 Å². The van der Waals surface area contributed by atoms with Crippen LogP contribution in [0.5, 0.6) is 0 Å². The van der Waals surface area contributed by atoms with Crippen LogP contribution in [-0.4, -0.2) is 149 Å². The third-order valence-electron chi connectivity index (χ3n) is 13.9. The lowest BCUT2D eigenvalue weighted by Crippen LogP contribution is -2.65. The average molecular weight is 1050 g/mol. The van der Waals surface area contributed by atoms with E-state index < -0.39 is 132 Å². The minimum atomic E-state index is -1.85. The maximum Gasteiger partial charge on any atom is 0.326 e. The number of benzene rings is 1. The third kappa shape index (κ3) is 13.4. The van der Waals surface area contributed by atoms with Crippen LogP contribution in [0.15, 0.2) is 111 Å². The number of hydrogen-bond donors (Lipinski definition) is 14. The number of primary amides is 1. The quantitative estimate of drug-likeness (QED) is 0.0404. The Morgan fingerprint density at radius 3 is 2.38 bits per heavy atom. The molecule has 25 heteroatoms. The van der Waals surface area contributed by atoms with E-state index in [4.69, 9.17) is 38.4 Å². The van der Waals surface area contributed by atoms with Gasteiger partial charge < -0.3 is 80.8 Å². The number of nitrogens with two attached hydrogens (primary N) is 5. The summed E-state index contributed by atoms with van der Waals surface area (Å²) in [5, 5.41) is 40.5. The van der Waals surface area contributed by atoms with E-state index in [0.29, 0.717) is 34.4 Å². The van der Waals surface area contributed by atoms with Gasteiger partial charge in [-0.05, 0) is 68.2 Å². The van der Waals surface area contributed by atoms with Gasteiger partial charge in [0.05, 0.1) is 30.3 Å². The Morgan fingerprint density at radius 2 is 1.68 bits per heavy atom. The van der Waals surface area contributed by atoms with Gasteiger partial charge in [0.15, 0.2) is 5.96 Å². The summed E-state index contributed by atoms with van der Waals surface area (Å²) in [5.74, 6) is -9.79. The van der Waals surface area contributed by atoms with Crippen molar-refractivity contribution < 1.29 is 53.3 Å². The topological polar surface area (TPSA) is 425 Å². The molecule has 7 amide bonds. The molecule has 0 saturated carbocycles. The van der Waals surface area contributed by atoms with Crippen molar-refractivity contribution in [2.45, 2.75) is 119 Å². The number of ether oxygens (including phenoxy) is 1. The molecule has 25 nitrogen and oxygen atoms in total. The molecule has 0 aromatic heterocycles. The van der Waals surface area contributed by atoms with Crippen molar-refractivity contribution in [3.8, 4) is 0 Å². The normalized spacial score (nSPS) is 28.2. The molecule has 1 aromatic rings. The van der Waals surface area contributed by atoms with E-state index in [1.54, 1.807) is 66.9 Å². The highest BCUT2D eigenvalue weighted by Gasteiger charge is 2.46. The Balaban J connectivity index is 1.30. The van der Waals surface area contributed by atoms with Gasteiger partial charge >= 0.3 is 5.97 Å². The number of nitrogens with one attached hydrogen (secondary N) is 7. The number of fused-ring (bicyclic) bond motifs is 6. The van der Waals surface area contributed by atoms with Crippen molar-refractivity contribution in [1.82, 2.24) is 37.2 Å². The van der Waals surface area contributed by atoms with E-state index >= 15 is 9.59 Å². The summed E-state index contributed by atoms with van der Waals surface area (Å²) >= 11 is 0. The lowest BCUT2D eigenvalue weighted by molar-refractivity contribution is -0.142. The number of nitrogens with zero attached hydrogens (tertiary/aromatic N) is 2. The molecule has 8 rings (SSSR count). The Morgan fingerprint density at radius 1 is 0.921 bits per heavy atom. The highest BCUT2D eigenvalue weighted by molar-refractivity contribution is 6.00. The molecule has 1 unspecified atom stereocenters. The molecular weight excluding hydrogens is 985 g/mol. The number of allylic oxidation sites excluding steroid dienone is 5. The van der Waals surface area contributed by atoms with Crippen molar-refractivity contribution in [3.05, 3.63) is 107 Å². The van der Waals surface area contributed by atoms with E-state index in [1.807, 2.05) is 6.08 Å². The van der Waals surface area contributed by atoms with Crippen molar-refractivity contribution >= 4 is 59.5 Å². The van der Waals surface area contributed by atoms with Crippen LogP contribution in [0.25, 0.3) is 0 Å². The number of aliphatic imine (C=N–C) groups is 2. The number of rotatable bonds is 17. The predicted octanol–water partition coefficient (Wildman–Crippen LogP) is -3.81. The molecule has 1 aromatic carbocycles.